The number of hydrogen-bond acceptors (Lipinski definition) is 1. The Bertz CT molecular complexity index is 327. The van der Waals surface area contributed by atoms with Gasteiger partial charge in [-0.25, -0.2) is 0 Å². The molecule has 0 saturated heterocycles. The Balaban J connectivity index is 4.09. The third-order valence-electron chi connectivity index (χ3n) is 4.14. The maximum Gasteiger partial charge on any atom is 0.0465 e. The van der Waals surface area contributed by atoms with E-state index in [1.165, 1.54) is 61.8 Å². The Kier molecular flexibility index (Phi) is 11.1. The minimum Gasteiger partial charge on any atom is -0.382 e. The molecule has 0 bridgehead atoms. The van der Waals surface area contributed by atoms with Crippen LogP contribution in [-0.2, 0) is 0 Å². The Labute approximate surface area is 133 Å². The first-order chi connectivity index (χ1) is 9.88. The summed E-state index contributed by atoms with van der Waals surface area (Å²) in [6, 6.07) is 0.391. The molecule has 2 unspecified atom stereocenters. The van der Waals surface area contributed by atoms with Crippen molar-refractivity contribution in [2.45, 2.75) is 85.1 Å². The smallest absolute Gasteiger partial charge is 0.0465 e. The molecule has 0 aliphatic rings. The van der Waals surface area contributed by atoms with Crippen LogP contribution in [0.4, 0.5) is 0 Å². The van der Waals surface area contributed by atoms with Gasteiger partial charge in [0.15, 0.2) is 0 Å². The Hall–Kier alpha value is -0.980. The monoisotopic (exact) mass is 291 g/mol. The average molecular weight is 292 g/mol. The molecule has 0 aliphatic heterocycles. The topological polar surface area (TPSA) is 12.0 Å². The molecule has 1 N–H and O–H groups in total. The molecule has 2 atom stereocenters. The number of allylic oxidation sites excluding steroid dienone is 2. The lowest BCUT2D eigenvalue weighted by Crippen LogP contribution is -2.31. The van der Waals surface area contributed by atoms with Gasteiger partial charge in [0, 0.05) is 11.7 Å². The van der Waals surface area contributed by atoms with Crippen molar-refractivity contribution in [2.75, 3.05) is 0 Å². The maximum absolute atomic E-state index is 4.25. The third kappa shape index (κ3) is 10.4. The molecule has 0 aromatic heterocycles. The first kappa shape index (κ1) is 20.0. The van der Waals surface area contributed by atoms with Crippen LogP contribution in [0.25, 0.3) is 0 Å². The average Bonchev–Trinajstić information content (AvgIpc) is 2.41. The fourth-order valence-electron chi connectivity index (χ4n) is 2.46. The molecule has 0 aromatic rings. The van der Waals surface area contributed by atoms with Gasteiger partial charge in [0.2, 0.25) is 0 Å². The molecule has 0 aromatic carbocycles. The van der Waals surface area contributed by atoms with Crippen LogP contribution in [-0.4, -0.2) is 6.04 Å². The van der Waals surface area contributed by atoms with E-state index in [2.05, 4.69) is 52.7 Å². The fraction of sp³-hybridized carbons (Fsp3) is 0.700. The van der Waals surface area contributed by atoms with Gasteiger partial charge in [-0.15, -0.1) is 6.58 Å². The summed E-state index contributed by atoms with van der Waals surface area (Å²) in [6.07, 6.45) is 9.86. The molecule has 21 heavy (non-hydrogen) atoms. The number of unbranched alkanes of at least 4 members (excludes halogenated alkanes) is 3. The molecular formula is C20H37N. The van der Waals surface area contributed by atoms with Crippen molar-refractivity contribution in [3.63, 3.8) is 0 Å². The quantitative estimate of drug-likeness (QED) is 0.306. The minimum atomic E-state index is 0.391. The van der Waals surface area contributed by atoms with E-state index in [0.717, 1.165) is 6.42 Å². The normalized spacial score (nSPS) is 13.5. The summed E-state index contributed by atoms with van der Waals surface area (Å²) < 4.78 is 0. The highest BCUT2D eigenvalue weighted by atomic mass is 14.9. The molecule has 0 spiro atoms. The van der Waals surface area contributed by atoms with Crippen molar-refractivity contribution in [2.24, 2.45) is 5.92 Å². The second-order valence-electron chi connectivity index (χ2n) is 6.67. The number of hydrogen-bond donors (Lipinski definition) is 1. The van der Waals surface area contributed by atoms with Crippen LogP contribution in [0, 0.1) is 5.92 Å². The van der Waals surface area contributed by atoms with Gasteiger partial charge in [-0.1, -0.05) is 63.8 Å². The molecule has 0 radical (unpaired) electrons. The molecule has 0 rings (SSSR count). The maximum atomic E-state index is 4.25. The molecule has 1 nitrogen and oxygen atoms in total. The lowest BCUT2D eigenvalue weighted by Gasteiger charge is -2.25. The Morgan fingerprint density at radius 3 is 2.10 bits per heavy atom. The van der Waals surface area contributed by atoms with Gasteiger partial charge in [-0.05, 0) is 45.4 Å². The van der Waals surface area contributed by atoms with Gasteiger partial charge in [0.1, 0.15) is 0 Å². The second-order valence-corrected chi connectivity index (χ2v) is 6.67. The highest BCUT2D eigenvalue weighted by Gasteiger charge is 2.13. The van der Waals surface area contributed by atoms with Crippen LogP contribution in [0.15, 0.2) is 36.6 Å². The summed E-state index contributed by atoms with van der Waals surface area (Å²) in [7, 11) is 0. The van der Waals surface area contributed by atoms with Crippen LogP contribution < -0.4 is 5.32 Å². The van der Waals surface area contributed by atoms with Crippen molar-refractivity contribution in [3.05, 3.63) is 36.6 Å². The van der Waals surface area contributed by atoms with E-state index in [-0.39, 0.29) is 0 Å². The van der Waals surface area contributed by atoms with Crippen LogP contribution in [0.3, 0.4) is 0 Å². The van der Waals surface area contributed by atoms with Crippen molar-refractivity contribution in [1.82, 2.24) is 5.32 Å². The van der Waals surface area contributed by atoms with Gasteiger partial charge >= 0.3 is 0 Å². The van der Waals surface area contributed by atoms with Crippen LogP contribution >= 0.6 is 0 Å². The minimum absolute atomic E-state index is 0.391. The van der Waals surface area contributed by atoms with Gasteiger partial charge in [-0.2, -0.15) is 0 Å². The summed E-state index contributed by atoms with van der Waals surface area (Å²) in [4.78, 5) is 0. The highest BCUT2D eigenvalue weighted by molar-refractivity contribution is 5.08. The van der Waals surface area contributed by atoms with Crippen molar-refractivity contribution >= 4 is 0 Å². The highest BCUT2D eigenvalue weighted by Crippen LogP contribution is 2.19. The first-order valence-corrected chi connectivity index (χ1v) is 8.63. The number of nitrogens with one attached hydrogen (secondary N) is 1. The molecule has 0 saturated carbocycles. The summed E-state index contributed by atoms with van der Waals surface area (Å²) in [5, 5.41) is 3.61. The van der Waals surface area contributed by atoms with E-state index in [1.807, 2.05) is 0 Å². The van der Waals surface area contributed by atoms with E-state index in [1.54, 1.807) is 0 Å². The summed E-state index contributed by atoms with van der Waals surface area (Å²) >= 11 is 0. The van der Waals surface area contributed by atoms with Crippen LogP contribution in [0.1, 0.15) is 79.1 Å². The van der Waals surface area contributed by atoms with Gasteiger partial charge in [0.05, 0.1) is 0 Å². The van der Waals surface area contributed by atoms with E-state index >= 15 is 0 Å². The SMILES string of the molecule is C=C(C)CCCCC(C)C(=C)NC(CCCCC)C(=C)C. The molecule has 122 valence electrons. The third-order valence-corrected chi connectivity index (χ3v) is 4.14. The second kappa shape index (κ2) is 11.7. The lowest BCUT2D eigenvalue weighted by atomic mass is 9.97. The lowest BCUT2D eigenvalue weighted by molar-refractivity contribution is 0.479. The largest absolute Gasteiger partial charge is 0.382 e. The van der Waals surface area contributed by atoms with Crippen LogP contribution in [0.2, 0.25) is 0 Å². The van der Waals surface area contributed by atoms with Crippen molar-refractivity contribution in [1.29, 1.82) is 0 Å². The van der Waals surface area contributed by atoms with Gasteiger partial charge in [-0.3, -0.25) is 0 Å². The Morgan fingerprint density at radius 2 is 1.57 bits per heavy atom. The zero-order valence-electron chi connectivity index (χ0n) is 14.9. The predicted molar refractivity (Wildman–Crippen MR) is 97.5 cm³/mol. The van der Waals surface area contributed by atoms with E-state index < -0.39 is 0 Å². The molecular weight excluding hydrogens is 254 g/mol. The van der Waals surface area contributed by atoms with E-state index in [4.69, 9.17) is 0 Å². The van der Waals surface area contributed by atoms with Crippen molar-refractivity contribution in [3.8, 4) is 0 Å². The zero-order chi connectivity index (χ0) is 16.3. The molecule has 0 amide bonds. The summed E-state index contributed by atoms with van der Waals surface area (Å²) in [5.41, 5.74) is 3.69. The zero-order valence-corrected chi connectivity index (χ0v) is 14.9. The molecule has 1 heteroatoms. The fourth-order valence-corrected chi connectivity index (χ4v) is 2.46. The molecule has 0 aliphatic carbocycles. The van der Waals surface area contributed by atoms with Crippen molar-refractivity contribution < 1.29 is 0 Å². The standard InChI is InChI=1S/C20H37N/c1-8-9-10-15-20(17(4)5)21-19(7)18(6)14-12-11-13-16(2)3/h18,20-21H,2,4,7-15H2,1,3,5-6H3. The molecule has 0 heterocycles. The number of rotatable bonds is 13. The first-order valence-electron chi connectivity index (χ1n) is 8.63. The molecule has 0 fully saturated rings. The van der Waals surface area contributed by atoms with Crippen LogP contribution in [0.5, 0.6) is 0 Å². The Morgan fingerprint density at radius 1 is 0.952 bits per heavy atom. The van der Waals surface area contributed by atoms with Gasteiger partial charge in [0.25, 0.3) is 0 Å². The van der Waals surface area contributed by atoms with Gasteiger partial charge < -0.3 is 5.32 Å². The summed E-state index contributed by atoms with van der Waals surface area (Å²) in [6.45, 7) is 21.1. The van der Waals surface area contributed by atoms with E-state index in [0.29, 0.717) is 12.0 Å². The van der Waals surface area contributed by atoms with E-state index in [9.17, 15) is 0 Å². The summed E-state index contributed by atoms with van der Waals surface area (Å²) in [5.74, 6) is 0.531. The predicted octanol–water partition coefficient (Wildman–Crippen LogP) is 6.39.